The first-order valence-corrected chi connectivity index (χ1v) is 6.78. The molecule has 1 heterocycles. The summed E-state index contributed by atoms with van der Waals surface area (Å²) in [5.41, 5.74) is 0.848. The van der Waals surface area contributed by atoms with Crippen LogP contribution in [0.4, 0.5) is 5.69 Å². The lowest BCUT2D eigenvalue weighted by atomic mass is 10.1. The molecule has 1 aliphatic heterocycles. The first kappa shape index (κ1) is 13.9. The van der Waals surface area contributed by atoms with Crippen LogP contribution in [0.1, 0.15) is 12.5 Å². The molecule has 0 atom stereocenters. The topological polar surface area (TPSA) is 49.6 Å². The molecule has 0 saturated carbocycles. The number of non-ortho nitro benzene ring substituents is 1. The molecule has 1 aromatic rings. The highest BCUT2D eigenvalue weighted by molar-refractivity contribution is 7.80. The van der Waals surface area contributed by atoms with E-state index in [9.17, 15) is 10.1 Å². The quantitative estimate of drug-likeness (QED) is 0.480. The molecule has 1 aliphatic rings. The normalized spacial score (nSPS) is 16.4. The maximum absolute atomic E-state index is 10.8. The molecule has 19 heavy (non-hydrogen) atoms. The zero-order chi connectivity index (χ0) is 13.8. The largest absolute Gasteiger partial charge is 0.360 e. The molecule has 1 aromatic carbocycles. The second kappa shape index (κ2) is 6.08. The second-order valence-electron chi connectivity index (χ2n) is 4.53. The highest BCUT2D eigenvalue weighted by atomic mass is 32.1. The summed E-state index contributed by atoms with van der Waals surface area (Å²) in [6.45, 7) is 6.95. The molecule has 0 aliphatic carbocycles. The van der Waals surface area contributed by atoms with Crippen molar-refractivity contribution in [1.82, 2.24) is 9.80 Å². The zero-order valence-electron chi connectivity index (χ0n) is 10.9. The van der Waals surface area contributed by atoms with Gasteiger partial charge in [-0.3, -0.25) is 10.1 Å². The molecule has 0 N–H and O–H groups in total. The fourth-order valence-corrected chi connectivity index (χ4v) is 2.51. The Morgan fingerprint density at radius 2 is 2.05 bits per heavy atom. The van der Waals surface area contributed by atoms with E-state index in [0.29, 0.717) is 4.99 Å². The Morgan fingerprint density at radius 1 is 1.37 bits per heavy atom. The first-order chi connectivity index (χ1) is 9.11. The molecule has 6 heteroatoms. The smallest absolute Gasteiger partial charge is 0.270 e. The summed E-state index contributed by atoms with van der Waals surface area (Å²) in [6, 6.07) is 6.55. The fraction of sp³-hybridized carbons (Fsp3) is 0.462. The lowest BCUT2D eigenvalue weighted by Gasteiger charge is -2.35. The Morgan fingerprint density at radius 3 is 2.63 bits per heavy atom. The number of thiocarbonyl (C=S) groups is 1. The molecule has 0 spiro atoms. The summed E-state index contributed by atoms with van der Waals surface area (Å²) in [5.74, 6) is 0. The number of rotatable bonds is 3. The number of piperazine rings is 1. The van der Waals surface area contributed by atoms with Crippen molar-refractivity contribution in [2.75, 3.05) is 32.7 Å². The monoisotopic (exact) mass is 279 g/mol. The fourth-order valence-electron chi connectivity index (χ4n) is 2.20. The second-order valence-corrected chi connectivity index (χ2v) is 4.92. The van der Waals surface area contributed by atoms with E-state index in [1.54, 1.807) is 12.1 Å². The van der Waals surface area contributed by atoms with E-state index in [4.69, 9.17) is 12.2 Å². The molecule has 5 nitrogen and oxygen atoms in total. The van der Waals surface area contributed by atoms with Gasteiger partial charge in [-0.1, -0.05) is 31.3 Å². The maximum Gasteiger partial charge on any atom is 0.270 e. The van der Waals surface area contributed by atoms with E-state index in [1.165, 1.54) is 6.07 Å². The van der Waals surface area contributed by atoms with Crippen LogP contribution in [0.5, 0.6) is 0 Å². The molecule has 102 valence electrons. The third-order valence-electron chi connectivity index (χ3n) is 3.41. The molecule has 1 saturated heterocycles. The Kier molecular flexibility index (Phi) is 4.44. The van der Waals surface area contributed by atoms with E-state index in [0.717, 1.165) is 38.3 Å². The SMILES string of the molecule is CCN1CCN(C(=S)c2cccc([N+](=O)[O-])c2)CC1. The average molecular weight is 279 g/mol. The van der Waals surface area contributed by atoms with Crippen molar-refractivity contribution in [1.29, 1.82) is 0 Å². The summed E-state index contributed by atoms with van der Waals surface area (Å²) >= 11 is 5.45. The van der Waals surface area contributed by atoms with Crippen molar-refractivity contribution in [2.24, 2.45) is 0 Å². The Hall–Kier alpha value is -1.53. The summed E-state index contributed by atoms with van der Waals surface area (Å²) in [6.07, 6.45) is 0. The van der Waals surface area contributed by atoms with Crippen LogP contribution in [0.25, 0.3) is 0 Å². The van der Waals surface area contributed by atoms with Crippen LogP contribution in [-0.4, -0.2) is 52.4 Å². The van der Waals surface area contributed by atoms with Gasteiger partial charge in [-0.2, -0.15) is 0 Å². The summed E-state index contributed by atoms with van der Waals surface area (Å²) in [7, 11) is 0. The van der Waals surface area contributed by atoms with Gasteiger partial charge in [0.25, 0.3) is 5.69 Å². The van der Waals surface area contributed by atoms with E-state index in [1.807, 2.05) is 6.07 Å². The van der Waals surface area contributed by atoms with Crippen LogP contribution >= 0.6 is 12.2 Å². The minimum Gasteiger partial charge on any atom is -0.360 e. The van der Waals surface area contributed by atoms with E-state index in [-0.39, 0.29) is 10.6 Å². The van der Waals surface area contributed by atoms with Crippen molar-refractivity contribution >= 4 is 22.9 Å². The van der Waals surface area contributed by atoms with Crippen molar-refractivity contribution < 1.29 is 4.92 Å². The maximum atomic E-state index is 10.8. The Labute approximate surface area is 118 Å². The van der Waals surface area contributed by atoms with Crippen LogP contribution in [0.3, 0.4) is 0 Å². The molecular weight excluding hydrogens is 262 g/mol. The third-order valence-corrected chi connectivity index (χ3v) is 3.90. The van der Waals surface area contributed by atoms with Crippen molar-refractivity contribution in [3.05, 3.63) is 39.9 Å². The molecule has 0 radical (unpaired) electrons. The van der Waals surface area contributed by atoms with E-state index in [2.05, 4.69) is 16.7 Å². The van der Waals surface area contributed by atoms with Gasteiger partial charge in [-0.05, 0) is 6.54 Å². The van der Waals surface area contributed by atoms with Gasteiger partial charge in [-0.25, -0.2) is 0 Å². The lowest BCUT2D eigenvalue weighted by Crippen LogP contribution is -2.48. The van der Waals surface area contributed by atoms with Gasteiger partial charge in [0.05, 0.1) is 4.92 Å². The predicted molar refractivity (Wildman–Crippen MR) is 78.5 cm³/mol. The van der Waals surface area contributed by atoms with Gasteiger partial charge in [-0.15, -0.1) is 0 Å². The molecule has 1 fully saturated rings. The molecule has 0 bridgehead atoms. The van der Waals surface area contributed by atoms with Crippen LogP contribution in [0, 0.1) is 10.1 Å². The van der Waals surface area contributed by atoms with Crippen LogP contribution in [0.15, 0.2) is 24.3 Å². The zero-order valence-corrected chi connectivity index (χ0v) is 11.7. The number of hydrogen-bond acceptors (Lipinski definition) is 4. The van der Waals surface area contributed by atoms with Crippen LogP contribution in [-0.2, 0) is 0 Å². The van der Waals surface area contributed by atoms with Gasteiger partial charge in [0.1, 0.15) is 4.99 Å². The third kappa shape index (κ3) is 3.27. The molecule has 0 unspecified atom stereocenters. The van der Waals surface area contributed by atoms with Gasteiger partial charge in [0, 0.05) is 43.9 Å². The molecule has 0 aromatic heterocycles. The number of nitro groups is 1. The summed E-state index contributed by atoms with van der Waals surface area (Å²) < 4.78 is 0. The number of nitrogens with zero attached hydrogens (tertiary/aromatic N) is 3. The van der Waals surface area contributed by atoms with Gasteiger partial charge >= 0.3 is 0 Å². The standard InChI is InChI=1S/C13H17N3O2S/c1-2-14-6-8-15(9-7-14)13(19)11-4-3-5-12(10-11)16(17)18/h3-5,10H,2,6-9H2,1H3. The highest BCUT2D eigenvalue weighted by Crippen LogP contribution is 2.16. The number of nitro benzene ring substituents is 1. The summed E-state index contributed by atoms with van der Waals surface area (Å²) in [5, 5.41) is 10.8. The van der Waals surface area contributed by atoms with Crippen molar-refractivity contribution in [2.45, 2.75) is 6.92 Å². The first-order valence-electron chi connectivity index (χ1n) is 6.38. The number of hydrogen-bond donors (Lipinski definition) is 0. The Bertz CT molecular complexity index is 485. The summed E-state index contributed by atoms with van der Waals surface area (Å²) in [4.78, 5) is 15.6. The minimum absolute atomic E-state index is 0.0899. The number of likely N-dealkylation sites (N-methyl/N-ethyl adjacent to an activating group) is 1. The van der Waals surface area contributed by atoms with Gasteiger partial charge < -0.3 is 9.80 Å². The highest BCUT2D eigenvalue weighted by Gasteiger charge is 2.19. The van der Waals surface area contributed by atoms with Gasteiger partial charge in [0.2, 0.25) is 0 Å². The van der Waals surface area contributed by atoms with Crippen LogP contribution in [0.2, 0.25) is 0 Å². The molecule has 2 rings (SSSR count). The lowest BCUT2D eigenvalue weighted by molar-refractivity contribution is -0.384. The molecular formula is C13H17N3O2S. The minimum atomic E-state index is -0.388. The molecule has 0 amide bonds. The van der Waals surface area contributed by atoms with Crippen LogP contribution < -0.4 is 0 Å². The average Bonchev–Trinajstić information content (AvgIpc) is 2.46. The Balaban J connectivity index is 2.08. The van der Waals surface area contributed by atoms with Gasteiger partial charge in [0.15, 0.2) is 0 Å². The van der Waals surface area contributed by atoms with Crippen molar-refractivity contribution in [3.63, 3.8) is 0 Å². The number of benzene rings is 1. The predicted octanol–water partition coefficient (Wildman–Crippen LogP) is 1.91. The van der Waals surface area contributed by atoms with E-state index >= 15 is 0 Å². The van der Waals surface area contributed by atoms with E-state index < -0.39 is 0 Å². The van der Waals surface area contributed by atoms with Crippen molar-refractivity contribution in [3.8, 4) is 0 Å².